The number of hydrogen-bond donors (Lipinski definition) is 1. The quantitative estimate of drug-likeness (QED) is 0.857. The Balaban J connectivity index is 2.21. The van der Waals surface area contributed by atoms with Gasteiger partial charge < -0.3 is 9.84 Å². The Bertz CT molecular complexity index is 590. The SMILES string of the molecule is COC(=O)[C@@H](c1ccccc1)[C@@H](O)/C=C/c1ccccc1. The van der Waals surface area contributed by atoms with Gasteiger partial charge in [-0.25, -0.2) is 0 Å². The van der Waals surface area contributed by atoms with Crippen LogP contribution in [-0.2, 0) is 9.53 Å². The van der Waals surface area contributed by atoms with E-state index in [2.05, 4.69) is 0 Å². The molecule has 21 heavy (non-hydrogen) atoms. The fraction of sp³-hybridized carbons (Fsp3) is 0.167. The van der Waals surface area contributed by atoms with Crippen molar-refractivity contribution in [3.8, 4) is 0 Å². The number of aliphatic hydroxyl groups is 1. The minimum Gasteiger partial charge on any atom is -0.468 e. The van der Waals surface area contributed by atoms with Crippen LogP contribution in [0.15, 0.2) is 66.7 Å². The van der Waals surface area contributed by atoms with Gasteiger partial charge in [-0.3, -0.25) is 4.79 Å². The summed E-state index contributed by atoms with van der Waals surface area (Å²) in [6.45, 7) is 0. The topological polar surface area (TPSA) is 46.5 Å². The van der Waals surface area contributed by atoms with Crippen LogP contribution >= 0.6 is 0 Å². The third-order valence-electron chi connectivity index (χ3n) is 3.24. The van der Waals surface area contributed by atoms with Gasteiger partial charge in [0.2, 0.25) is 0 Å². The number of carbonyl (C=O) groups is 1. The number of aliphatic hydroxyl groups excluding tert-OH is 1. The average Bonchev–Trinajstić information content (AvgIpc) is 2.55. The largest absolute Gasteiger partial charge is 0.468 e. The molecule has 108 valence electrons. The zero-order chi connectivity index (χ0) is 15.1. The third kappa shape index (κ3) is 4.04. The molecule has 2 aromatic rings. The molecule has 0 heterocycles. The fourth-order valence-corrected chi connectivity index (χ4v) is 2.14. The first-order chi connectivity index (χ1) is 10.2. The Morgan fingerprint density at radius 3 is 2.19 bits per heavy atom. The van der Waals surface area contributed by atoms with Crippen molar-refractivity contribution in [2.24, 2.45) is 0 Å². The number of ether oxygens (including phenoxy) is 1. The molecule has 3 heteroatoms. The Hall–Kier alpha value is -2.39. The molecular weight excluding hydrogens is 264 g/mol. The van der Waals surface area contributed by atoms with Crippen molar-refractivity contribution in [3.63, 3.8) is 0 Å². The van der Waals surface area contributed by atoms with E-state index in [9.17, 15) is 9.90 Å². The second kappa shape index (κ2) is 7.41. The molecule has 0 radical (unpaired) electrons. The Morgan fingerprint density at radius 1 is 1.05 bits per heavy atom. The molecule has 0 fully saturated rings. The Kier molecular flexibility index (Phi) is 5.29. The standard InChI is InChI=1S/C18H18O3/c1-21-18(20)17(15-10-6-3-7-11-15)16(19)13-12-14-8-4-2-5-9-14/h2-13,16-17,19H,1H3/b13-12+/t16-,17-/m0/s1. The second-order valence-corrected chi connectivity index (χ2v) is 4.67. The molecule has 0 bridgehead atoms. The second-order valence-electron chi connectivity index (χ2n) is 4.67. The van der Waals surface area contributed by atoms with E-state index in [1.165, 1.54) is 7.11 Å². The van der Waals surface area contributed by atoms with Gasteiger partial charge in [0.05, 0.1) is 13.2 Å². The highest BCUT2D eigenvalue weighted by molar-refractivity contribution is 5.79. The predicted molar refractivity (Wildman–Crippen MR) is 82.7 cm³/mol. The fourth-order valence-electron chi connectivity index (χ4n) is 2.14. The smallest absolute Gasteiger partial charge is 0.316 e. The van der Waals surface area contributed by atoms with Crippen molar-refractivity contribution in [2.45, 2.75) is 12.0 Å². The minimum absolute atomic E-state index is 0.452. The van der Waals surface area contributed by atoms with Gasteiger partial charge in [0, 0.05) is 0 Å². The van der Waals surface area contributed by atoms with Gasteiger partial charge in [-0.1, -0.05) is 72.8 Å². The van der Waals surface area contributed by atoms with Crippen molar-refractivity contribution in [1.29, 1.82) is 0 Å². The van der Waals surface area contributed by atoms with Crippen LogP contribution in [0.5, 0.6) is 0 Å². The number of benzene rings is 2. The average molecular weight is 282 g/mol. The van der Waals surface area contributed by atoms with Crippen LogP contribution < -0.4 is 0 Å². The van der Waals surface area contributed by atoms with Gasteiger partial charge >= 0.3 is 5.97 Å². The molecule has 0 amide bonds. The molecule has 2 aromatic carbocycles. The molecule has 0 spiro atoms. The summed E-state index contributed by atoms with van der Waals surface area (Å²) in [6.07, 6.45) is 2.47. The molecule has 2 rings (SSSR count). The highest BCUT2D eigenvalue weighted by atomic mass is 16.5. The number of esters is 1. The lowest BCUT2D eigenvalue weighted by Crippen LogP contribution is -2.25. The molecule has 0 saturated heterocycles. The molecular formula is C18H18O3. The Morgan fingerprint density at radius 2 is 1.62 bits per heavy atom. The van der Waals surface area contributed by atoms with E-state index in [0.29, 0.717) is 0 Å². The first-order valence-electron chi connectivity index (χ1n) is 6.76. The molecule has 0 aliphatic heterocycles. The van der Waals surface area contributed by atoms with Gasteiger partial charge in [0.15, 0.2) is 0 Å². The first kappa shape index (κ1) is 15.0. The minimum atomic E-state index is -0.944. The molecule has 0 aliphatic carbocycles. The van der Waals surface area contributed by atoms with E-state index in [1.54, 1.807) is 24.3 Å². The van der Waals surface area contributed by atoms with E-state index in [-0.39, 0.29) is 0 Å². The maximum atomic E-state index is 11.9. The van der Waals surface area contributed by atoms with Crippen LogP contribution in [-0.4, -0.2) is 24.3 Å². The van der Waals surface area contributed by atoms with Crippen molar-refractivity contribution in [2.75, 3.05) is 7.11 Å². The van der Waals surface area contributed by atoms with Gasteiger partial charge in [-0.15, -0.1) is 0 Å². The van der Waals surface area contributed by atoms with E-state index in [4.69, 9.17) is 4.74 Å². The van der Waals surface area contributed by atoms with E-state index >= 15 is 0 Å². The van der Waals surface area contributed by atoms with Crippen LogP contribution in [0.3, 0.4) is 0 Å². The number of methoxy groups -OCH3 is 1. The van der Waals surface area contributed by atoms with E-state index in [1.807, 2.05) is 48.5 Å². The molecule has 0 unspecified atom stereocenters. The Labute approximate surface area is 124 Å². The molecule has 2 atom stereocenters. The normalized spacial score (nSPS) is 13.8. The molecule has 1 N–H and O–H groups in total. The summed E-state index contributed by atoms with van der Waals surface area (Å²) < 4.78 is 4.81. The maximum absolute atomic E-state index is 11.9. The van der Waals surface area contributed by atoms with Gasteiger partial charge in [-0.05, 0) is 11.1 Å². The number of hydrogen-bond acceptors (Lipinski definition) is 3. The number of rotatable bonds is 5. The summed E-state index contributed by atoms with van der Waals surface area (Å²) in [7, 11) is 1.33. The first-order valence-corrected chi connectivity index (χ1v) is 6.76. The summed E-state index contributed by atoms with van der Waals surface area (Å²) >= 11 is 0. The summed E-state index contributed by atoms with van der Waals surface area (Å²) in [6, 6.07) is 18.8. The third-order valence-corrected chi connectivity index (χ3v) is 3.24. The molecule has 0 aliphatic rings. The van der Waals surface area contributed by atoms with Crippen LogP contribution in [0.25, 0.3) is 6.08 Å². The van der Waals surface area contributed by atoms with Crippen molar-refractivity contribution in [1.82, 2.24) is 0 Å². The lowest BCUT2D eigenvalue weighted by atomic mass is 9.93. The monoisotopic (exact) mass is 282 g/mol. The van der Waals surface area contributed by atoms with Crippen LogP contribution in [0.1, 0.15) is 17.0 Å². The van der Waals surface area contributed by atoms with Gasteiger partial charge in [-0.2, -0.15) is 0 Å². The zero-order valence-electron chi connectivity index (χ0n) is 11.8. The zero-order valence-corrected chi connectivity index (χ0v) is 11.8. The van der Waals surface area contributed by atoms with Crippen LogP contribution in [0.2, 0.25) is 0 Å². The highest BCUT2D eigenvalue weighted by Gasteiger charge is 2.27. The lowest BCUT2D eigenvalue weighted by molar-refractivity contribution is -0.144. The van der Waals surface area contributed by atoms with Crippen LogP contribution in [0, 0.1) is 0 Å². The molecule has 3 nitrogen and oxygen atoms in total. The van der Waals surface area contributed by atoms with Gasteiger partial charge in [0.25, 0.3) is 0 Å². The van der Waals surface area contributed by atoms with Crippen molar-refractivity contribution in [3.05, 3.63) is 77.9 Å². The van der Waals surface area contributed by atoms with Crippen molar-refractivity contribution >= 4 is 12.0 Å². The molecule has 0 saturated carbocycles. The predicted octanol–water partition coefficient (Wildman–Crippen LogP) is 3.02. The summed E-state index contributed by atoms with van der Waals surface area (Å²) in [4.78, 5) is 11.9. The van der Waals surface area contributed by atoms with Gasteiger partial charge in [0.1, 0.15) is 5.92 Å². The molecule has 0 aromatic heterocycles. The van der Waals surface area contributed by atoms with E-state index in [0.717, 1.165) is 11.1 Å². The number of carbonyl (C=O) groups excluding carboxylic acids is 1. The van der Waals surface area contributed by atoms with E-state index < -0.39 is 18.0 Å². The summed E-state index contributed by atoms with van der Waals surface area (Å²) in [5.41, 5.74) is 1.70. The summed E-state index contributed by atoms with van der Waals surface area (Å²) in [5.74, 6) is -1.18. The lowest BCUT2D eigenvalue weighted by Gasteiger charge is -2.18. The highest BCUT2D eigenvalue weighted by Crippen LogP contribution is 2.22. The van der Waals surface area contributed by atoms with Crippen molar-refractivity contribution < 1.29 is 14.6 Å². The summed E-state index contributed by atoms with van der Waals surface area (Å²) in [5, 5.41) is 10.3. The van der Waals surface area contributed by atoms with Crippen LogP contribution in [0.4, 0.5) is 0 Å². The maximum Gasteiger partial charge on any atom is 0.316 e.